The van der Waals surface area contributed by atoms with Crippen LogP contribution >= 0.6 is 15.9 Å². The van der Waals surface area contributed by atoms with E-state index in [-0.39, 0.29) is 5.75 Å². The lowest BCUT2D eigenvalue weighted by Crippen LogP contribution is -2.47. The molecule has 4 nitrogen and oxygen atoms in total. The highest BCUT2D eigenvalue weighted by Gasteiger charge is 2.27. The lowest BCUT2D eigenvalue weighted by Gasteiger charge is -2.39. The van der Waals surface area contributed by atoms with Crippen LogP contribution in [0.15, 0.2) is 16.6 Å². The van der Waals surface area contributed by atoms with Crippen LogP contribution in [0.5, 0.6) is 11.5 Å². The lowest BCUT2D eigenvalue weighted by molar-refractivity contribution is 0.0989. The lowest BCUT2D eigenvalue weighted by atomic mass is 9.90. The minimum Gasteiger partial charge on any atom is -0.503 e. The molecule has 2 atom stereocenters. The van der Waals surface area contributed by atoms with Gasteiger partial charge in [-0.1, -0.05) is 6.92 Å². The van der Waals surface area contributed by atoms with Crippen molar-refractivity contribution in [1.29, 1.82) is 0 Å². The summed E-state index contributed by atoms with van der Waals surface area (Å²) in [5, 5.41) is 9.86. The number of likely N-dealkylation sites (tertiary alicyclic amines) is 1. The molecule has 3 N–H and O–H groups in total. The molecule has 2 rings (SSSR count). The number of aromatic hydroxyl groups is 1. The molecule has 1 aliphatic heterocycles. The summed E-state index contributed by atoms with van der Waals surface area (Å²) in [6, 6.07) is 4.28. The highest BCUT2D eigenvalue weighted by atomic mass is 79.9. The molecule has 1 aliphatic rings. The van der Waals surface area contributed by atoms with Crippen molar-refractivity contribution in [2.75, 3.05) is 20.2 Å². The van der Waals surface area contributed by atoms with Crippen LogP contribution in [0, 0.1) is 5.92 Å². The van der Waals surface area contributed by atoms with Gasteiger partial charge in [-0.25, -0.2) is 0 Å². The summed E-state index contributed by atoms with van der Waals surface area (Å²) in [6.07, 6.45) is 2.47. The van der Waals surface area contributed by atoms with Crippen LogP contribution in [0.25, 0.3) is 0 Å². The number of ether oxygens (including phenoxy) is 1. The molecule has 5 heteroatoms. The van der Waals surface area contributed by atoms with Crippen LogP contribution in [-0.4, -0.2) is 36.2 Å². The molecule has 0 bridgehead atoms. The maximum Gasteiger partial charge on any atom is 0.172 e. The van der Waals surface area contributed by atoms with Gasteiger partial charge < -0.3 is 15.6 Å². The fourth-order valence-electron chi connectivity index (χ4n) is 3.02. The first-order valence-corrected chi connectivity index (χ1v) is 7.85. The molecule has 20 heavy (non-hydrogen) atoms. The van der Waals surface area contributed by atoms with Crippen molar-refractivity contribution in [2.45, 2.75) is 32.4 Å². The molecule has 1 saturated heterocycles. The second-order valence-electron chi connectivity index (χ2n) is 5.52. The van der Waals surface area contributed by atoms with Crippen molar-refractivity contribution in [3.63, 3.8) is 0 Å². The van der Waals surface area contributed by atoms with E-state index in [0.717, 1.165) is 18.7 Å². The van der Waals surface area contributed by atoms with E-state index in [2.05, 4.69) is 27.8 Å². The SMILES string of the molecule is COc1cc(CN2CCCC(C)C2CN)cc(Br)c1O. The number of nitrogens with zero attached hydrogens (tertiary/aromatic N) is 1. The van der Waals surface area contributed by atoms with Gasteiger partial charge in [-0.2, -0.15) is 0 Å². The van der Waals surface area contributed by atoms with Crippen LogP contribution in [0.1, 0.15) is 25.3 Å². The Kier molecular flexibility index (Phi) is 5.29. The number of piperidine rings is 1. The van der Waals surface area contributed by atoms with Gasteiger partial charge in [0.15, 0.2) is 11.5 Å². The number of phenolic OH excluding ortho intramolecular Hbond substituents is 1. The number of hydrogen-bond donors (Lipinski definition) is 2. The Labute approximate surface area is 129 Å². The Hall–Kier alpha value is -0.780. The molecule has 1 fully saturated rings. The van der Waals surface area contributed by atoms with E-state index in [1.165, 1.54) is 12.8 Å². The summed E-state index contributed by atoms with van der Waals surface area (Å²) < 4.78 is 5.87. The number of phenols is 1. The highest BCUT2D eigenvalue weighted by Crippen LogP contribution is 2.36. The van der Waals surface area contributed by atoms with Crippen molar-refractivity contribution < 1.29 is 9.84 Å². The molecular formula is C15H23BrN2O2. The van der Waals surface area contributed by atoms with Crippen molar-refractivity contribution in [3.8, 4) is 11.5 Å². The molecule has 0 spiro atoms. The Bertz CT molecular complexity index is 467. The van der Waals surface area contributed by atoms with E-state index in [1.807, 2.05) is 12.1 Å². The molecule has 0 aromatic heterocycles. The van der Waals surface area contributed by atoms with Crippen LogP contribution in [0.4, 0.5) is 0 Å². The molecule has 1 aromatic rings. The van der Waals surface area contributed by atoms with E-state index in [0.29, 0.717) is 28.7 Å². The van der Waals surface area contributed by atoms with E-state index < -0.39 is 0 Å². The maximum atomic E-state index is 9.86. The second kappa shape index (κ2) is 6.78. The van der Waals surface area contributed by atoms with Crippen LogP contribution in [-0.2, 0) is 6.54 Å². The van der Waals surface area contributed by atoms with Gasteiger partial charge in [0.05, 0.1) is 11.6 Å². The van der Waals surface area contributed by atoms with Gasteiger partial charge in [0, 0.05) is 19.1 Å². The average Bonchev–Trinajstić information content (AvgIpc) is 2.43. The van der Waals surface area contributed by atoms with E-state index in [4.69, 9.17) is 10.5 Å². The number of nitrogens with two attached hydrogens (primary N) is 1. The first kappa shape index (κ1) is 15.6. The van der Waals surface area contributed by atoms with E-state index in [9.17, 15) is 5.11 Å². The molecule has 0 radical (unpaired) electrons. The molecule has 0 aliphatic carbocycles. The Morgan fingerprint density at radius 2 is 2.25 bits per heavy atom. The number of rotatable bonds is 4. The third-order valence-electron chi connectivity index (χ3n) is 4.17. The second-order valence-corrected chi connectivity index (χ2v) is 6.38. The predicted molar refractivity (Wildman–Crippen MR) is 84.0 cm³/mol. The average molecular weight is 343 g/mol. The largest absolute Gasteiger partial charge is 0.503 e. The maximum absolute atomic E-state index is 9.86. The molecule has 0 amide bonds. The zero-order chi connectivity index (χ0) is 14.7. The third kappa shape index (κ3) is 3.27. The summed E-state index contributed by atoms with van der Waals surface area (Å²) in [5.41, 5.74) is 7.06. The fraction of sp³-hybridized carbons (Fsp3) is 0.600. The van der Waals surface area contributed by atoms with Crippen molar-refractivity contribution in [3.05, 3.63) is 22.2 Å². The number of halogens is 1. The van der Waals surface area contributed by atoms with Crippen LogP contribution in [0.2, 0.25) is 0 Å². The summed E-state index contributed by atoms with van der Waals surface area (Å²) in [6.45, 7) is 4.88. The monoisotopic (exact) mass is 342 g/mol. The van der Waals surface area contributed by atoms with Gasteiger partial charge in [-0.3, -0.25) is 4.90 Å². The Morgan fingerprint density at radius 1 is 1.50 bits per heavy atom. The van der Waals surface area contributed by atoms with Crippen LogP contribution < -0.4 is 10.5 Å². The van der Waals surface area contributed by atoms with Crippen LogP contribution in [0.3, 0.4) is 0 Å². The number of benzene rings is 1. The molecule has 2 unspecified atom stereocenters. The summed E-state index contributed by atoms with van der Waals surface area (Å²) in [4.78, 5) is 2.44. The van der Waals surface area contributed by atoms with Gasteiger partial charge in [0.2, 0.25) is 0 Å². The first-order valence-electron chi connectivity index (χ1n) is 7.06. The molecule has 1 heterocycles. The zero-order valence-electron chi connectivity index (χ0n) is 12.1. The van der Waals surface area contributed by atoms with Gasteiger partial charge in [0.1, 0.15) is 0 Å². The minimum absolute atomic E-state index is 0.152. The van der Waals surface area contributed by atoms with E-state index in [1.54, 1.807) is 7.11 Å². The zero-order valence-corrected chi connectivity index (χ0v) is 13.7. The molecule has 112 valence electrons. The summed E-state index contributed by atoms with van der Waals surface area (Å²) >= 11 is 3.37. The molecular weight excluding hydrogens is 320 g/mol. The van der Waals surface area contributed by atoms with Gasteiger partial charge in [-0.15, -0.1) is 0 Å². The van der Waals surface area contributed by atoms with Crippen molar-refractivity contribution in [1.82, 2.24) is 4.90 Å². The van der Waals surface area contributed by atoms with Gasteiger partial charge >= 0.3 is 0 Å². The first-order chi connectivity index (χ1) is 9.56. The Balaban J connectivity index is 2.18. The standard InChI is InChI=1S/C15H23BrN2O2/c1-10-4-3-5-18(13(10)8-17)9-11-6-12(16)15(19)14(7-11)20-2/h6-7,10,13,19H,3-5,8-9,17H2,1-2H3. The third-order valence-corrected chi connectivity index (χ3v) is 4.77. The van der Waals surface area contributed by atoms with Crippen molar-refractivity contribution in [2.24, 2.45) is 11.7 Å². The number of hydrogen-bond acceptors (Lipinski definition) is 4. The van der Waals surface area contributed by atoms with E-state index >= 15 is 0 Å². The smallest absolute Gasteiger partial charge is 0.172 e. The van der Waals surface area contributed by atoms with Gasteiger partial charge in [-0.05, 0) is 58.9 Å². The topological polar surface area (TPSA) is 58.7 Å². The Morgan fingerprint density at radius 3 is 2.90 bits per heavy atom. The fourth-order valence-corrected chi connectivity index (χ4v) is 3.51. The predicted octanol–water partition coefficient (Wildman–Crippen LogP) is 2.72. The summed E-state index contributed by atoms with van der Waals surface area (Å²) in [7, 11) is 1.57. The highest BCUT2D eigenvalue weighted by molar-refractivity contribution is 9.10. The minimum atomic E-state index is 0.152. The summed E-state index contributed by atoms with van der Waals surface area (Å²) in [5.74, 6) is 1.29. The number of methoxy groups -OCH3 is 1. The quantitative estimate of drug-likeness (QED) is 0.883. The van der Waals surface area contributed by atoms with Crippen molar-refractivity contribution >= 4 is 15.9 Å². The normalized spacial score (nSPS) is 23.8. The molecule has 1 aromatic carbocycles. The molecule has 0 saturated carbocycles. The van der Waals surface area contributed by atoms with Gasteiger partial charge in [0.25, 0.3) is 0 Å².